The van der Waals surface area contributed by atoms with Crippen molar-refractivity contribution in [3.05, 3.63) is 23.9 Å². The summed E-state index contributed by atoms with van der Waals surface area (Å²) in [5.41, 5.74) is 1.19. The van der Waals surface area contributed by atoms with E-state index in [0.717, 1.165) is 18.8 Å². The molecule has 0 spiro atoms. The Hall–Kier alpha value is -1.09. The Balaban J connectivity index is 2.00. The fourth-order valence-electron chi connectivity index (χ4n) is 1.66. The van der Waals surface area contributed by atoms with Crippen LogP contribution in [0.2, 0.25) is 0 Å². The highest BCUT2D eigenvalue weighted by Gasteiger charge is 2.23. The van der Waals surface area contributed by atoms with Crippen LogP contribution in [0.4, 0.5) is 5.82 Å². The van der Waals surface area contributed by atoms with E-state index in [1.165, 1.54) is 5.56 Å². The lowest BCUT2D eigenvalue weighted by atomic mass is 10.1. The van der Waals surface area contributed by atoms with E-state index in [2.05, 4.69) is 23.3 Å². The zero-order valence-electron chi connectivity index (χ0n) is 8.66. The molecule has 0 aliphatic carbocycles. The van der Waals surface area contributed by atoms with Gasteiger partial charge in [0.2, 0.25) is 0 Å². The fourth-order valence-corrected chi connectivity index (χ4v) is 1.66. The number of pyridine rings is 1. The van der Waals surface area contributed by atoms with E-state index < -0.39 is 0 Å². The second-order valence-corrected chi connectivity index (χ2v) is 3.84. The van der Waals surface area contributed by atoms with Crippen LogP contribution in [-0.4, -0.2) is 23.7 Å². The van der Waals surface area contributed by atoms with Gasteiger partial charge >= 0.3 is 0 Å². The highest BCUT2D eigenvalue weighted by Crippen LogP contribution is 2.17. The molecule has 1 aliphatic rings. The van der Waals surface area contributed by atoms with Gasteiger partial charge in [-0.15, -0.1) is 0 Å². The third-order valence-electron chi connectivity index (χ3n) is 2.62. The molecule has 0 saturated carbocycles. The third-order valence-corrected chi connectivity index (χ3v) is 2.62. The molecular weight excluding hydrogens is 176 g/mol. The predicted octanol–water partition coefficient (Wildman–Crippen LogP) is 1.98. The first kappa shape index (κ1) is 9.46. The molecule has 1 aromatic heterocycles. The summed E-state index contributed by atoms with van der Waals surface area (Å²) < 4.78 is 5.47. The summed E-state index contributed by atoms with van der Waals surface area (Å²) in [6.07, 6.45) is 3.23. The lowest BCUT2D eigenvalue weighted by molar-refractivity contribution is 0.121. The predicted molar refractivity (Wildman–Crippen MR) is 56.4 cm³/mol. The first-order valence-corrected chi connectivity index (χ1v) is 5.06. The van der Waals surface area contributed by atoms with Gasteiger partial charge in [-0.2, -0.15) is 0 Å². The molecule has 1 saturated heterocycles. The Labute approximate surface area is 84.5 Å². The molecular formula is C11H16N2O. The monoisotopic (exact) mass is 192 g/mol. The van der Waals surface area contributed by atoms with Crippen molar-refractivity contribution in [1.82, 2.24) is 4.98 Å². The van der Waals surface area contributed by atoms with Gasteiger partial charge in [0, 0.05) is 12.8 Å². The summed E-state index contributed by atoms with van der Waals surface area (Å²) in [6, 6.07) is 4.49. The van der Waals surface area contributed by atoms with Crippen LogP contribution >= 0.6 is 0 Å². The molecule has 1 aromatic rings. The molecule has 0 bridgehead atoms. The van der Waals surface area contributed by atoms with E-state index in [9.17, 15) is 0 Å². The quantitative estimate of drug-likeness (QED) is 0.778. The van der Waals surface area contributed by atoms with E-state index in [-0.39, 0.29) is 6.10 Å². The van der Waals surface area contributed by atoms with E-state index in [0.29, 0.717) is 6.04 Å². The van der Waals surface area contributed by atoms with Crippen LogP contribution in [-0.2, 0) is 4.74 Å². The first-order valence-electron chi connectivity index (χ1n) is 5.06. The lowest BCUT2D eigenvalue weighted by Gasteiger charge is -2.16. The Bertz CT molecular complexity index is 297. The van der Waals surface area contributed by atoms with Crippen molar-refractivity contribution in [1.29, 1.82) is 0 Å². The van der Waals surface area contributed by atoms with Crippen molar-refractivity contribution in [3.8, 4) is 0 Å². The Morgan fingerprint density at radius 1 is 1.50 bits per heavy atom. The van der Waals surface area contributed by atoms with Crippen molar-refractivity contribution in [3.63, 3.8) is 0 Å². The number of ether oxygens (including phenoxy) is 1. The number of anilines is 1. The second-order valence-electron chi connectivity index (χ2n) is 3.84. The number of nitrogens with one attached hydrogen (secondary N) is 1. The van der Waals surface area contributed by atoms with E-state index in [1.807, 2.05) is 19.2 Å². The average molecular weight is 192 g/mol. The van der Waals surface area contributed by atoms with E-state index in [4.69, 9.17) is 4.74 Å². The molecule has 2 rings (SSSR count). The van der Waals surface area contributed by atoms with Gasteiger partial charge in [0.15, 0.2) is 0 Å². The standard InChI is InChI=1S/C11H16N2O/c1-8-3-4-11(12-7-8)13-10-5-6-14-9(10)2/h3-4,7,9-10H,5-6H2,1-2H3,(H,12,13). The van der Waals surface area contributed by atoms with Crippen LogP contribution in [0.25, 0.3) is 0 Å². The summed E-state index contributed by atoms with van der Waals surface area (Å²) in [7, 11) is 0. The van der Waals surface area contributed by atoms with Gasteiger partial charge in [0.25, 0.3) is 0 Å². The zero-order chi connectivity index (χ0) is 9.97. The second kappa shape index (κ2) is 3.96. The number of rotatable bonds is 2. The maximum atomic E-state index is 5.47. The van der Waals surface area contributed by atoms with Gasteiger partial charge in [-0.25, -0.2) is 4.98 Å². The molecule has 1 N–H and O–H groups in total. The van der Waals surface area contributed by atoms with Crippen LogP contribution < -0.4 is 5.32 Å². The van der Waals surface area contributed by atoms with Crippen LogP contribution in [0.3, 0.4) is 0 Å². The summed E-state index contributed by atoms with van der Waals surface area (Å²) >= 11 is 0. The molecule has 0 aromatic carbocycles. The van der Waals surface area contributed by atoms with Crippen LogP contribution in [0, 0.1) is 6.92 Å². The molecule has 3 nitrogen and oxygen atoms in total. The Morgan fingerprint density at radius 3 is 2.93 bits per heavy atom. The van der Waals surface area contributed by atoms with Crippen LogP contribution in [0.1, 0.15) is 18.9 Å². The molecule has 2 atom stereocenters. The van der Waals surface area contributed by atoms with Crippen LogP contribution in [0.5, 0.6) is 0 Å². The van der Waals surface area contributed by atoms with E-state index in [1.54, 1.807) is 0 Å². The number of nitrogens with zero attached hydrogens (tertiary/aromatic N) is 1. The summed E-state index contributed by atoms with van der Waals surface area (Å²) in [5.74, 6) is 0.943. The fraction of sp³-hybridized carbons (Fsp3) is 0.545. The minimum atomic E-state index is 0.290. The average Bonchev–Trinajstić information content (AvgIpc) is 2.56. The molecule has 2 unspecified atom stereocenters. The van der Waals surface area contributed by atoms with Gasteiger partial charge in [-0.05, 0) is 31.9 Å². The molecule has 14 heavy (non-hydrogen) atoms. The summed E-state index contributed by atoms with van der Waals surface area (Å²) in [4.78, 5) is 4.31. The molecule has 76 valence electrons. The Morgan fingerprint density at radius 2 is 2.36 bits per heavy atom. The molecule has 0 amide bonds. The number of hydrogen-bond donors (Lipinski definition) is 1. The normalized spacial score (nSPS) is 26.4. The van der Waals surface area contributed by atoms with Gasteiger partial charge < -0.3 is 10.1 Å². The van der Waals surface area contributed by atoms with Gasteiger partial charge in [-0.1, -0.05) is 6.07 Å². The molecule has 2 heterocycles. The van der Waals surface area contributed by atoms with Gasteiger partial charge in [-0.3, -0.25) is 0 Å². The highest BCUT2D eigenvalue weighted by atomic mass is 16.5. The number of aromatic nitrogens is 1. The molecule has 1 aliphatic heterocycles. The lowest BCUT2D eigenvalue weighted by Crippen LogP contribution is -2.27. The smallest absolute Gasteiger partial charge is 0.126 e. The van der Waals surface area contributed by atoms with Crippen molar-refractivity contribution in [2.24, 2.45) is 0 Å². The van der Waals surface area contributed by atoms with Gasteiger partial charge in [0.1, 0.15) is 5.82 Å². The number of hydrogen-bond acceptors (Lipinski definition) is 3. The SMILES string of the molecule is Cc1ccc(NC2CCOC2C)nc1. The molecule has 3 heteroatoms. The van der Waals surface area contributed by atoms with E-state index >= 15 is 0 Å². The topological polar surface area (TPSA) is 34.1 Å². The maximum Gasteiger partial charge on any atom is 0.126 e. The van der Waals surface area contributed by atoms with Crippen molar-refractivity contribution >= 4 is 5.82 Å². The molecule has 0 radical (unpaired) electrons. The van der Waals surface area contributed by atoms with Crippen molar-refractivity contribution in [2.45, 2.75) is 32.4 Å². The number of aryl methyl sites for hydroxylation is 1. The van der Waals surface area contributed by atoms with Gasteiger partial charge in [0.05, 0.1) is 12.1 Å². The van der Waals surface area contributed by atoms with Crippen molar-refractivity contribution in [2.75, 3.05) is 11.9 Å². The summed E-state index contributed by atoms with van der Waals surface area (Å²) in [6.45, 7) is 4.99. The minimum Gasteiger partial charge on any atom is -0.376 e. The maximum absolute atomic E-state index is 5.47. The first-order chi connectivity index (χ1) is 6.75. The zero-order valence-corrected chi connectivity index (χ0v) is 8.66. The Kier molecular flexibility index (Phi) is 2.68. The summed E-state index contributed by atoms with van der Waals surface area (Å²) in [5, 5.41) is 3.38. The third kappa shape index (κ3) is 2.04. The molecule has 1 fully saturated rings. The minimum absolute atomic E-state index is 0.290. The van der Waals surface area contributed by atoms with Crippen LogP contribution in [0.15, 0.2) is 18.3 Å². The van der Waals surface area contributed by atoms with Crippen molar-refractivity contribution < 1.29 is 4.74 Å². The highest BCUT2D eigenvalue weighted by molar-refractivity contribution is 5.36. The largest absolute Gasteiger partial charge is 0.376 e.